The molecule has 0 saturated heterocycles. The Hall–Kier alpha value is -1.38. The Morgan fingerprint density at radius 2 is 2.19 bits per heavy atom. The van der Waals surface area contributed by atoms with E-state index in [1.54, 1.807) is 0 Å². The van der Waals surface area contributed by atoms with E-state index in [1.807, 2.05) is 20.8 Å². The Morgan fingerprint density at radius 3 is 2.76 bits per heavy atom. The Balaban J connectivity index is 2.54. The molecule has 1 amide bonds. The van der Waals surface area contributed by atoms with Crippen molar-refractivity contribution in [2.75, 3.05) is 31.3 Å². The summed E-state index contributed by atoms with van der Waals surface area (Å²) >= 11 is 1.22. The van der Waals surface area contributed by atoms with Crippen molar-refractivity contribution in [3.05, 3.63) is 4.88 Å². The number of aromatic nitrogens is 1. The molecule has 120 valence electrons. The third-order valence-corrected chi connectivity index (χ3v) is 3.45. The van der Waals surface area contributed by atoms with Gasteiger partial charge in [-0.25, -0.2) is 4.98 Å². The van der Waals surface area contributed by atoms with E-state index in [-0.39, 0.29) is 23.9 Å². The number of aliphatic hydroxyl groups excluding tert-OH is 1. The van der Waals surface area contributed by atoms with Crippen LogP contribution in [0.4, 0.5) is 10.9 Å². The monoisotopic (exact) mass is 316 g/mol. The van der Waals surface area contributed by atoms with Gasteiger partial charge in [0.2, 0.25) is 0 Å². The minimum absolute atomic E-state index is 0.150. The van der Waals surface area contributed by atoms with Crippen molar-refractivity contribution in [1.82, 2.24) is 10.3 Å². The number of nitrogens with two attached hydrogens (primary N) is 1. The first kappa shape index (κ1) is 17.7. The predicted molar refractivity (Wildman–Crippen MR) is 84.7 cm³/mol. The standard InChI is InChI=1S/C13H24N4O3S/c1-13(2,3)17-12-16-10(14)9(21-12)11(19)15-6-5-8(18)7-20-4/h8,18H,5-7,14H2,1-4H3,(H,15,19)(H,16,17). The third kappa shape index (κ3) is 6.28. The maximum Gasteiger partial charge on any atom is 0.265 e. The summed E-state index contributed by atoms with van der Waals surface area (Å²) in [6.45, 7) is 6.60. The molecular formula is C13H24N4O3S. The summed E-state index contributed by atoms with van der Waals surface area (Å²) in [6, 6.07) is 0. The Bertz CT molecular complexity index is 470. The van der Waals surface area contributed by atoms with E-state index in [1.165, 1.54) is 18.4 Å². The maximum atomic E-state index is 12.0. The summed E-state index contributed by atoms with van der Waals surface area (Å²) in [4.78, 5) is 16.5. The fraction of sp³-hybridized carbons (Fsp3) is 0.692. The van der Waals surface area contributed by atoms with E-state index < -0.39 is 6.10 Å². The SMILES string of the molecule is COCC(O)CCNC(=O)c1sc(NC(C)(C)C)nc1N. The van der Waals surface area contributed by atoms with E-state index in [2.05, 4.69) is 15.6 Å². The van der Waals surface area contributed by atoms with Crippen molar-refractivity contribution in [1.29, 1.82) is 0 Å². The van der Waals surface area contributed by atoms with Crippen LogP contribution in [0.2, 0.25) is 0 Å². The lowest BCUT2D eigenvalue weighted by Crippen LogP contribution is -2.28. The second-order valence-corrected chi connectivity index (χ2v) is 6.76. The number of nitrogens with one attached hydrogen (secondary N) is 2. The highest BCUT2D eigenvalue weighted by molar-refractivity contribution is 7.18. The largest absolute Gasteiger partial charge is 0.391 e. The molecule has 1 atom stereocenters. The van der Waals surface area contributed by atoms with Crippen LogP contribution >= 0.6 is 11.3 Å². The zero-order chi connectivity index (χ0) is 16.0. The highest BCUT2D eigenvalue weighted by Gasteiger charge is 2.19. The molecule has 0 radical (unpaired) electrons. The van der Waals surface area contributed by atoms with Crippen molar-refractivity contribution in [3.63, 3.8) is 0 Å². The van der Waals surface area contributed by atoms with Gasteiger partial charge in [0.05, 0.1) is 12.7 Å². The number of nitrogen functional groups attached to an aromatic ring is 1. The smallest absolute Gasteiger partial charge is 0.265 e. The topological polar surface area (TPSA) is 110 Å². The van der Waals surface area contributed by atoms with Gasteiger partial charge in [0.25, 0.3) is 5.91 Å². The molecule has 5 N–H and O–H groups in total. The maximum absolute atomic E-state index is 12.0. The molecule has 0 bridgehead atoms. The van der Waals surface area contributed by atoms with Gasteiger partial charge in [0, 0.05) is 19.2 Å². The fourth-order valence-electron chi connectivity index (χ4n) is 1.58. The molecule has 0 fully saturated rings. The number of ether oxygens (including phenoxy) is 1. The Morgan fingerprint density at radius 1 is 1.52 bits per heavy atom. The number of aliphatic hydroxyl groups is 1. The average molecular weight is 316 g/mol. The number of amides is 1. The number of carbonyl (C=O) groups excluding carboxylic acids is 1. The first-order valence-corrected chi connectivity index (χ1v) is 7.54. The molecule has 0 saturated carbocycles. The van der Waals surface area contributed by atoms with Gasteiger partial charge in [0.15, 0.2) is 5.13 Å². The molecule has 0 aliphatic heterocycles. The highest BCUT2D eigenvalue weighted by atomic mass is 32.1. The van der Waals surface area contributed by atoms with Gasteiger partial charge in [-0.2, -0.15) is 0 Å². The van der Waals surface area contributed by atoms with Crippen LogP contribution in [0, 0.1) is 0 Å². The number of hydrogen-bond donors (Lipinski definition) is 4. The summed E-state index contributed by atoms with van der Waals surface area (Å²) < 4.78 is 4.82. The molecule has 0 spiro atoms. The average Bonchev–Trinajstić information content (AvgIpc) is 2.68. The zero-order valence-electron chi connectivity index (χ0n) is 12.9. The highest BCUT2D eigenvalue weighted by Crippen LogP contribution is 2.27. The summed E-state index contributed by atoms with van der Waals surface area (Å²) in [6.07, 6.45) is -0.169. The number of carbonyl (C=O) groups is 1. The lowest BCUT2D eigenvalue weighted by atomic mass is 10.1. The molecule has 1 rings (SSSR count). The fourth-order valence-corrected chi connectivity index (χ4v) is 2.59. The van der Waals surface area contributed by atoms with Crippen molar-refractivity contribution >= 4 is 28.2 Å². The molecule has 0 aromatic carbocycles. The van der Waals surface area contributed by atoms with Gasteiger partial charge >= 0.3 is 0 Å². The Labute approximate surface area is 128 Å². The van der Waals surface area contributed by atoms with Gasteiger partial charge in [-0.3, -0.25) is 4.79 Å². The zero-order valence-corrected chi connectivity index (χ0v) is 13.7. The molecule has 1 unspecified atom stereocenters. The summed E-state index contributed by atoms with van der Waals surface area (Å²) in [7, 11) is 1.52. The normalized spacial score (nSPS) is 13.0. The van der Waals surface area contributed by atoms with Crippen molar-refractivity contribution in [2.24, 2.45) is 0 Å². The van der Waals surface area contributed by atoms with Crippen molar-refractivity contribution in [2.45, 2.75) is 38.8 Å². The first-order valence-electron chi connectivity index (χ1n) is 6.72. The molecule has 1 aromatic rings. The summed E-state index contributed by atoms with van der Waals surface area (Å²) in [5.74, 6) is -0.0710. The number of anilines is 2. The molecule has 7 nitrogen and oxygen atoms in total. The van der Waals surface area contributed by atoms with E-state index in [9.17, 15) is 9.90 Å². The van der Waals surface area contributed by atoms with Crippen LogP contribution in [0.3, 0.4) is 0 Å². The second kappa shape index (κ2) is 7.58. The molecule has 21 heavy (non-hydrogen) atoms. The van der Waals surface area contributed by atoms with Gasteiger partial charge in [-0.1, -0.05) is 11.3 Å². The van der Waals surface area contributed by atoms with Crippen LogP contribution in [0.15, 0.2) is 0 Å². The van der Waals surface area contributed by atoms with Crippen molar-refractivity contribution < 1.29 is 14.6 Å². The quantitative estimate of drug-likeness (QED) is 0.599. The Kier molecular flexibility index (Phi) is 6.38. The molecule has 1 heterocycles. The van der Waals surface area contributed by atoms with E-state index in [0.29, 0.717) is 23.0 Å². The summed E-state index contributed by atoms with van der Waals surface area (Å²) in [5, 5.41) is 16.0. The number of rotatable bonds is 7. The molecule has 8 heteroatoms. The first-order chi connectivity index (χ1) is 9.73. The minimum Gasteiger partial charge on any atom is -0.391 e. The van der Waals surface area contributed by atoms with Crippen LogP contribution in [-0.4, -0.2) is 47.9 Å². The lowest BCUT2D eigenvalue weighted by molar-refractivity contribution is 0.0588. The number of nitrogens with zero attached hydrogens (tertiary/aromatic N) is 1. The third-order valence-electron chi connectivity index (χ3n) is 2.46. The van der Waals surface area contributed by atoms with Gasteiger partial charge in [-0.15, -0.1) is 0 Å². The van der Waals surface area contributed by atoms with Crippen LogP contribution < -0.4 is 16.4 Å². The summed E-state index contributed by atoms with van der Waals surface area (Å²) in [5.41, 5.74) is 5.62. The molecular weight excluding hydrogens is 292 g/mol. The van der Waals surface area contributed by atoms with E-state index >= 15 is 0 Å². The molecule has 1 aromatic heterocycles. The molecule has 0 aliphatic carbocycles. The number of methoxy groups -OCH3 is 1. The predicted octanol–water partition coefficient (Wildman–Crippen LogP) is 1.06. The van der Waals surface area contributed by atoms with Crippen LogP contribution in [-0.2, 0) is 4.74 Å². The lowest BCUT2D eigenvalue weighted by Gasteiger charge is -2.19. The van der Waals surface area contributed by atoms with Crippen LogP contribution in [0.25, 0.3) is 0 Å². The van der Waals surface area contributed by atoms with E-state index in [0.717, 1.165) is 0 Å². The van der Waals surface area contributed by atoms with Crippen LogP contribution in [0.5, 0.6) is 0 Å². The number of hydrogen-bond acceptors (Lipinski definition) is 7. The minimum atomic E-state index is -0.591. The van der Waals surface area contributed by atoms with Crippen molar-refractivity contribution in [3.8, 4) is 0 Å². The second-order valence-electron chi connectivity index (χ2n) is 5.76. The van der Waals surface area contributed by atoms with Crippen LogP contribution in [0.1, 0.15) is 36.9 Å². The van der Waals surface area contributed by atoms with Gasteiger partial charge in [0.1, 0.15) is 10.7 Å². The number of thiazole rings is 1. The van der Waals surface area contributed by atoms with E-state index in [4.69, 9.17) is 10.5 Å². The van der Waals surface area contributed by atoms with Gasteiger partial charge < -0.3 is 26.2 Å². The van der Waals surface area contributed by atoms with Gasteiger partial charge in [-0.05, 0) is 27.2 Å². The molecule has 0 aliphatic rings.